The van der Waals surface area contributed by atoms with Gasteiger partial charge in [-0.2, -0.15) is 0 Å². The molecule has 25 heavy (non-hydrogen) atoms. The third-order valence-corrected chi connectivity index (χ3v) is 3.88. The van der Waals surface area contributed by atoms with Crippen LogP contribution in [-0.4, -0.2) is 15.9 Å². The van der Waals surface area contributed by atoms with Crippen molar-refractivity contribution in [3.05, 3.63) is 77.6 Å². The lowest BCUT2D eigenvalue weighted by atomic mass is 10.2. The first-order valence-electron chi connectivity index (χ1n) is 7.57. The van der Waals surface area contributed by atoms with Gasteiger partial charge in [-0.1, -0.05) is 17.7 Å². The number of fused-ring (bicyclic) bond motifs is 1. The highest BCUT2D eigenvalue weighted by atomic mass is 35.5. The van der Waals surface area contributed by atoms with Gasteiger partial charge in [0.1, 0.15) is 5.52 Å². The molecule has 1 amide bonds. The highest BCUT2D eigenvalue weighted by molar-refractivity contribution is 6.30. The smallest absolute Gasteiger partial charge is 0.257 e. The molecule has 5 nitrogen and oxygen atoms in total. The number of pyridine rings is 1. The minimum Gasteiger partial charge on any atom is -0.436 e. The van der Waals surface area contributed by atoms with Gasteiger partial charge >= 0.3 is 0 Å². The van der Waals surface area contributed by atoms with Gasteiger partial charge in [0.15, 0.2) is 5.58 Å². The summed E-state index contributed by atoms with van der Waals surface area (Å²) in [6.07, 6.45) is 3.13. The minimum absolute atomic E-state index is 0.234. The molecule has 0 unspecified atom stereocenters. The van der Waals surface area contributed by atoms with Crippen LogP contribution in [0, 0.1) is 0 Å². The summed E-state index contributed by atoms with van der Waals surface area (Å²) >= 11 is 6.01. The fraction of sp³-hybridized carbons (Fsp3) is 0. The first-order valence-corrected chi connectivity index (χ1v) is 7.95. The van der Waals surface area contributed by atoms with E-state index in [2.05, 4.69) is 15.3 Å². The van der Waals surface area contributed by atoms with Crippen molar-refractivity contribution >= 4 is 34.3 Å². The van der Waals surface area contributed by atoms with Crippen molar-refractivity contribution in [3.63, 3.8) is 0 Å². The number of hydrogen-bond donors (Lipinski definition) is 1. The average Bonchev–Trinajstić information content (AvgIpc) is 3.06. The number of carbonyl (C=O) groups is 1. The molecule has 1 N–H and O–H groups in total. The van der Waals surface area contributed by atoms with Crippen molar-refractivity contribution in [2.24, 2.45) is 0 Å². The van der Waals surface area contributed by atoms with Crippen molar-refractivity contribution in [2.45, 2.75) is 0 Å². The van der Waals surface area contributed by atoms with Gasteiger partial charge in [-0.05, 0) is 42.5 Å². The Balaban J connectivity index is 1.63. The van der Waals surface area contributed by atoms with Gasteiger partial charge < -0.3 is 9.73 Å². The Bertz CT molecular complexity index is 1060. The minimum atomic E-state index is -0.234. The van der Waals surface area contributed by atoms with Crippen LogP contribution in [0.5, 0.6) is 0 Å². The van der Waals surface area contributed by atoms with Crippen LogP contribution >= 0.6 is 11.6 Å². The van der Waals surface area contributed by atoms with E-state index in [9.17, 15) is 4.79 Å². The van der Waals surface area contributed by atoms with E-state index < -0.39 is 0 Å². The quantitative estimate of drug-likeness (QED) is 0.577. The molecule has 2 aromatic carbocycles. The number of aromatic nitrogens is 2. The van der Waals surface area contributed by atoms with Crippen molar-refractivity contribution in [1.82, 2.24) is 9.97 Å². The normalized spacial score (nSPS) is 10.8. The van der Waals surface area contributed by atoms with Gasteiger partial charge in [0.05, 0.1) is 5.56 Å². The first-order chi connectivity index (χ1) is 12.2. The molecule has 2 aromatic heterocycles. The predicted molar refractivity (Wildman–Crippen MR) is 96.6 cm³/mol. The summed E-state index contributed by atoms with van der Waals surface area (Å²) in [7, 11) is 0. The summed E-state index contributed by atoms with van der Waals surface area (Å²) < 4.78 is 5.80. The number of nitrogens with one attached hydrogen (secondary N) is 1. The van der Waals surface area contributed by atoms with Crippen molar-refractivity contribution in [1.29, 1.82) is 0 Å². The second-order valence-electron chi connectivity index (χ2n) is 5.41. The highest BCUT2D eigenvalue weighted by Gasteiger charge is 2.11. The number of anilines is 1. The van der Waals surface area contributed by atoms with Gasteiger partial charge in [-0.3, -0.25) is 9.78 Å². The van der Waals surface area contributed by atoms with Crippen LogP contribution in [0.25, 0.3) is 22.6 Å². The molecule has 0 atom stereocenters. The maximum atomic E-state index is 12.2. The molecular formula is C19H12ClN3O2. The number of rotatable bonds is 3. The van der Waals surface area contributed by atoms with Crippen LogP contribution in [0.4, 0.5) is 5.69 Å². The molecule has 4 aromatic rings. The summed E-state index contributed by atoms with van der Waals surface area (Å²) in [5, 5.41) is 3.44. The molecule has 0 aliphatic heterocycles. The maximum Gasteiger partial charge on any atom is 0.257 e. The fourth-order valence-corrected chi connectivity index (χ4v) is 2.64. The van der Waals surface area contributed by atoms with Crippen LogP contribution in [0.1, 0.15) is 10.4 Å². The molecule has 0 aliphatic carbocycles. The lowest BCUT2D eigenvalue weighted by molar-refractivity contribution is 0.102. The highest BCUT2D eigenvalue weighted by Crippen LogP contribution is 2.27. The van der Waals surface area contributed by atoms with Gasteiger partial charge in [-0.15, -0.1) is 0 Å². The monoisotopic (exact) mass is 349 g/mol. The van der Waals surface area contributed by atoms with Crippen molar-refractivity contribution < 1.29 is 9.21 Å². The maximum absolute atomic E-state index is 12.2. The molecule has 0 bridgehead atoms. The molecule has 6 heteroatoms. The molecule has 0 fully saturated rings. The first kappa shape index (κ1) is 15.4. The van der Waals surface area contributed by atoms with Crippen molar-refractivity contribution in [2.75, 3.05) is 5.32 Å². The van der Waals surface area contributed by atoms with Crippen LogP contribution in [0.15, 0.2) is 71.4 Å². The van der Waals surface area contributed by atoms with Crippen molar-refractivity contribution in [3.8, 4) is 11.5 Å². The largest absolute Gasteiger partial charge is 0.436 e. The van der Waals surface area contributed by atoms with E-state index in [4.69, 9.17) is 16.0 Å². The van der Waals surface area contributed by atoms with Crippen LogP contribution < -0.4 is 5.32 Å². The van der Waals surface area contributed by atoms with E-state index in [1.165, 1.54) is 6.20 Å². The average molecular weight is 350 g/mol. The predicted octanol–water partition coefficient (Wildman–Crippen LogP) is 4.80. The number of halogens is 1. The second-order valence-corrected chi connectivity index (χ2v) is 5.84. The molecular weight excluding hydrogens is 338 g/mol. The number of hydrogen-bond acceptors (Lipinski definition) is 4. The van der Waals surface area contributed by atoms with E-state index in [0.29, 0.717) is 33.3 Å². The van der Waals surface area contributed by atoms with E-state index >= 15 is 0 Å². The molecule has 0 aliphatic rings. The fourth-order valence-electron chi connectivity index (χ4n) is 2.45. The Morgan fingerprint density at radius 3 is 2.80 bits per heavy atom. The zero-order valence-corrected chi connectivity index (χ0v) is 13.7. The Kier molecular flexibility index (Phi) is 3.91. The summed E-state index contributed by atoms with van der Waals surface area (Å²) in [6.45, 7) is 0. The third-order valence-electron chi connectivity index (χ3n) is 3.64. The molecule has 0 spiro atoms. The topological polar surface area (TPSA) is 68.0 Å². The Labute approximate surface area is 148 Å². The molecule has 0 saturated heterocycles. The molecule has 2 heterocycles. The Morgan fingerprint density at radius 2 is 2.00 bits per heavy atom. The number of carbonyl (C=O) groups excluding carboxylic acids is 1. The Hall–Kier alpha value is -3.18. The standard InChI is InChI=1S/C19H12ClN3O2/c20-14-5-1-3-12(9-14)19-23-16-7-6-15(10-17(16)25-19)22-18(24)13-4-2-8-21-11-13/h1-11H,(H,22,24). The summed E-state index contributed by atoms with van der Waals surface area (Å²) in [4.78, 5) is 20.6. The SMILES string of the molecule is O=C(Nc1ccc2nc(-c3cccc(Cl)c3)oc2c1)c1cccnc1. The van der Waals surface area contributed by atoms with Crippen LogP contribution in [0.3, 0.4) is 0 Å². The number of oxazole rings is 1. The molecule has 0 saturated carbocycles. The number of nitrogens with zero attached hydrogens (tertiary/aromatic N) is 2. The van der Waals surface area contributed by atoms with Gasteiger partial charge in [0.25, 0.3) is 5.91 Å². The van der Waals surface area contributed by atoms with Crippen LogP contribution in [-0.2, 0) is 0 Å². The Morgan fingerprint density at radius 1 is 1.08 bits per heavy atom. The summed E-state index contributed by atoms with van der Waals surface area (Å²) in [5.41, 5.74) is 3.19. The zero-order chi connectivity index (χ0) is 17.2. The van der Waals surface area contributed by atoms with E-state index in [1.807, 2.05) is 12.1 Å². The van der Waals surface area contributed by atoms with Gasteiger partial charge in [-0.25, -0.2) is 4.98 Å². The summed E-state index contributed by atoms with van der Waals surface area (Å²) in [5.74, 6) is 0.246. The van der Waals surface area contributed by atoms with Gasteiger partial charge in [0, 0.05) is 34.7 Å². The molecule has 4 rings (SSSR count). The third kappa shape index (κ3) is 3.22. The lowest BCUT2D eigenvalue weighted by Crippen LogP contribution is -2.11. The lowest BCUT2D eigenvalue weighted by Gasteiger charge is -2.04. The summed E-state index contributed by atoms with van der Waals surface area (Å²) in [6, 6.07) is 16.0. The van der Waals surface area contributed by atoms with E-state index in [-0.39, 0.29) is 5.91 Å². The molecule has 122 valence electrons. The molecule has 0 radical (unpaired) electrons. The second kappa shape index (κ2) is 6.37. The zero-order valence-electron chi connectivity index (χ0n) is 12.9. The van der Waals surface area contributed by atoms with E-state index in [1.54, 1.807) is 48.7 Å². The van der Waals surface area contributed by atoms with Crippen LogP contribution in [0.2, 0.25) is 5.02 Å². The number of amides is 1. The number of benzene rings is 2. The van der Waals surface area contributed by atoms with Gasteiger partial charge in [0.2, 0.25) is 5.89 Å². The van der Waals surface area contributed by atoms with E-state index in [0.717, 1.165) is 5.56 Å².